The first-order valence-corrected chi connectivity index (χ1v) is 8.90. The Hall–Kier alpha value is -3.22. The van der Waals surface area contributed by atoms with E-state index in [0.29, 0.717) is 23.4 Å². The van der Waals surface area contributed by atoms with Gasteiger partial charge in [0.25, 0.3) is 0 Å². The summed E-state index contributed by atoms with van der Waals surface area (Å²) >= 11 is 0. The van der Waals surface area contributed by atoms with Gasteiger partial charge in [-0.05, 0) is 54.7 Å². The number of carboxylic acid groups (broad SMARTS) is 1. The second-order valence-electron chi connectivity index (χ2n) is 6.91. The number of carbonyl (C=O) groups is 1. The highest BCUT2D eigenvalue weighted by atomic mass is 19.1. The number of allylic oxidation sites excluding steroid dienone is 3. The molecule has 7 heteroatoms. The van der Waals surface area contributed by atoms with Gasteiger partial charge in [0.2, 0.25) is 0 Å². The van der Waals surface area contributed by atoms with Gasteiger partial charge in [-0.15, -0.1) is 0 Å². The molecule has 0 saturated heterocycles. The zero-order valence-corrected chi connectivity index (χ0v) is 15.3. The lowest BCUT2D eigenvalue weighted by molar-refractivity contribution is 0.0696. The van der Waals surface area contributed by atoms with E-state index in [4.69, 9.17) is 11.5 Å². The highest BCUT2D eigenvalue weighted by Gasteiger charge is 2.28. The maximum atomic E-state index is 14.0. The quantitative estimate of drug-likeness (QED) is 0.704. The van der Waals surface area contributed by atoms with Crippen LogP contribution in [0.25, 0.3) is 5.70 Å². The average molecular weight is 401 g/mol. The summed E-state index contributed by atoms with van der Waals surface area (Å²) in [6, 6.07) is 6.47. The Morgan fingerprint density at radius 1 is 1.24 bits per heavy atom. The summed E-state index contributed by atoms with van der Waals surface area (Å²) in [4.78, 5) is 15.5. The largest absolute Gasteiger partial charge is 0.478 e. The van der Waals surface area contributed by atoms with E-state index >= 15 is 0 Å². The Bertz CT molecular complexity index is 966. The molecule has 5 nitrogen and oxygen atoms in total. The molecule has 0 fully saturated rings. The molecule has 1 aliphatic rings. The first-order valence-electron chi connectivity index (χ1n) is 8.90. The Balaban J connectivity index is 0.00000300. The second-order valence-corrected chi connectivity index (χ2v) is 6.91. The fourth-order valence-corrected chi connectivity index (χ4v) is 3.53. The van der Waals surface area contributed by atoms with Crippen molar-refractivity contribution in [1.82, 2.24) is 4.98 Å². The third-order valence-electron chi connectivity index (χ3n) is 5.08. The number of halogens is 2. The number of hydrogen-bond acceptors (Lipinski definition) is 4. The Morgan fingerprint density at radius 3 is 2.52 bits per heavy atom. The van der Waals surface area contributed by atoms with Crippen molar-refractivity contribution >= 4 is 11.7 Å². The fourth-order valence-electron chi connectivity index (χ4n) is 3.53. The van der Waals surface area contributed by atoms with E-state index in [1.54, 1.807) is 0 Å². The van der Waals surface area contributed by atoms with Crippen LogP contribution < -0.4 is 11.5 Å². The minimum absolute atomic E-state index is 0. The Morgan fingerprint density at radius 2 is 1.90 bits per heavy atom. The minimum Gasteiger partial charge on any atom is -0.478 e. The van der Waals surface area contributed by atoms with E-state index < -0.39 is 17.6 Å². The number of benzene rings is 1. The molecule has 2 atom stereocenters. The molecule has 2 aromatic rings. The van der Waals surface area contributed by atoms with Gasteiger partial charge in [0.15, 0.2) is 0 Å². The van der Waals surface area contributed by atoms with E-state index in [1.165, 1.54) is 30.5 Å². The summed E-state index contributed by atoms with van der Waals surface area (Å²) in [5.41, 5.74) is 13.9. The van der Waals surface area contributed by atoms with Crippen LogP contribution in [0.3, 0.4) is 0 Å². The van der Waals surface area contributed by atoms with Crippen molar-refractivity contribution in [1.29, 1.82) is 0 Å². The molecule has 1 heterocycles. The molecule has 1 aliphatic carbocycles. The van der Waals surface area contributed by atoms with Crippen LogP contribution >= 0.6 is 0 Å². The van der Waals surface area contributed by atoms with Crippen molar-refractivity contribution in [2.75, 3.05) is 0 Å². The van der Waals surface area contributed by atoms with Crippen molar-refractivity contribution in [3.05, 3.63) is 82.3 Å². The minimum atomic E-state index is -1.05. The van der Waals surface area contributed by atoms with Crippen molar-refractivity contribution in [2.24, 2.45) is 17.4 Å². The van der Waals surface area contributed by atoms with Gasteiger partial charge in [0.1, 0.15) is 11.6 Å². The Kier molecular flexibility index (Phi) is 6.74. The van der Waals surface area contributed by atoms with Crippen LogP contribution in [-0.2, 0) is 0 Å². The number of aromatic nitrogens is 1. The standard InChI is InChI=1S/C21H21F2N3O2.CH4/c1-11-5-6-13(18-9-12(21(27)28)7-8-26-18)20(25)14(11)10-17(24)19-15(22)3-2-4-16(19)23;/h2-4,7-11,13H,5-6,24-25H2,1H3,(H,27,28);1H4/b17-10-;. The van der Waals surface area contributed by atoms with Crippen molar-refractivity contribution in [3.63, 3.8) is 0 Å². The molecule has 0 radical (unpaired) electrons. The summed E-state index contributed by atoms with van der Waals surface area (Å²) in [6.45, 7) is 1.96. The van der Waals surface area contributed by atoms with Gasteiger partial charge in [-0.25, -0.2) is 13.6 Å². The average Bonchev–Trinajstić information content (AvgIpc) is 2.65. The zero-order valence-electron chi connectivity index (χ0n) is 15.3. The van der Waals surface area contributed by atoms with Crippen LogP contribution in [0.15, 0.2) is 53.9 Å². The molecule has 0 amide bonds. The molecular weight excluding hydrogens is 376 g/mol. The molecular formula is C22H25F2N3O2. The normalized spacial score (nSPS) is 19.6. The maximum absolute atomic E-state index is 14.0. The van der Waals surface area contributed by atoms with E-state index in [2.05, 4.69) is 4.98 Å². The van der Waals surface area contributed by atoms with Gasteiger partial charge in [0.05, 0.1) is 16.8 Å². The van der Waals surface area contributed by atoms with Crippen LogP contribution in [0.2, 0.25) is 0 Å². The van der Waals surface area contributed by atoms with E-state index in [0.717, 1.165) is 18.6 Å². The smallest absolute Gasteiger partial charge is 0.335 e. The van der Waals surface area contributed by atoms with Crippen LogP contribution in [0.1, 0.15) is 54.7 Å². The Labute approximate surface area is 168 Å². The molecule has 154 valence electrons. The number of nitrogens with two attached hydrogens (primary N) is 2. The van der Waals surface area contributed by atoms with E-state index in [1.807, 2.05) is 6.92 Å². The predicted octanol–water partition coefficient (Wildman–Crippen LogP) is 4.42. The predicted molar refractivity (Wildman–Crippen MR) is 109 cm³/mol. The topological polar surface area (TPSA) is 102 Å². The molecule has 0 spiro atoms. The summed E-state index contributed by atoms with van der Waals surface area (Å²) < 4.78 is 28.1. The second kappa shape index (κ2) is 8.86. The van der Waals surface area contributed by atoms with Gasteiger partial charge in [-0.1, -0.05) is 20.4 Å². The monoisotopic (exact) mass is 401 g/mol. The number of carboxylic acids is 1. The lowest BCUT2D eigenvalue weighted by atomic mass is 9.78. The molecule has 1 aromatic carbocycles. The molecule has 0 aliphatic heterocycles. The maximum Gasteiger partial charge on any atom is 0.335 e. The fraction of sp³-hybridized carbons (Fsp3) is 0.273. The molecule has 3 rings (SSSR count). The van der Waals surface area contributed by atoms with Gasteiger partial charge < -0.3 is 16.6 Å². The number of nitrogens with zero attached hydrogens (tertiary/aromatic N) is 1. The van der Waals surface area contributed by atoms with Gasteiger partial charge >= 0.3 is 5.97 Å². The van der Waals surface area contributed by atoms with E-state index in [9.17, 15) is 18.7 Å². The molecule has 1 aromatic heterocycles. The van der Waals surface area contributed by atoms with E-state index in [-0.39, 0.29) is 36.1 Å². The summed E-state index contributed by atoms with van der Waals surface area (Å²) in [5, 5.41) is 9.20. The first kappa shape index (κ1) is 22.1. The lowest BCUT2D eigenvalue weighted by Crippen LogP contribution is -2.23. The number of pyridine rings is 1. The third kappa shape index (κ3) is 4.45. The summed E-state index contributed by atoms with van der Waals surface area (Å²) in [6.07, 6.45) is 4.38. The number of rotatable bonds is 4. The summed E-state index contributed by atoms with van der Waals surface area (Å²) in [7, 11) is 0. The van der Waals surface area contributed by atoms with Gasteiger partial charge in [0, 0.05) is 23.5 Å². The lowest BCUT2D eigenvalue weighted by Gasteiger charge is -2.29. The van der Waals surface area contributed by atoms with Gasteiger partial charge in [-0.2, -0.15) is 0 Å². The first-order chi connectivity index (χ1) is 13.3. The number of aromatic carboxylic acids is 1. The SMILES string of the molecule is C.CC1CCC(c2cc(C(=O)O)ccn2)C(N)=C1/C=C(\N)c1c(F)cccc1F. The van der Waals surface area contributed by atoms with Gasteiger partial charge in [-0.3, -0.25) is 4.98 Å². The van der Waals surface area contributed by atoms with Crippen molar-refractivity contribution < 1.29 is 18.7 Å². The molecule has 2 unspecified atom stereocenters. The third-order valence-corrected chi connectivity index (χ3v) is 5.08. The van der Waals surface area contributed by atoms with Crippen LogP contribution in [-0.4, -0.2) is 16.1 Å². The van der Waals surface area contributed by atoms with Crippen LogP contribution in [0.5, 0.6) is 0 Å². The highest BCUT2D eigenvalue weighted by molar-refractivity contribution is 5.87. The molecule has 29 heavy (non-hydrogen) atoms. The zero-order chi connectivity index (χ0) is 20.4. The van der Waals surface area contributed by atoms with Crippen LogP contribution in [0.4, 0.5) is 8.78 Å². The molecule has 5 N–H and O–H groups in total. The number of hydrogen-bond donors (Lipinski definition) is 3. The summed E-state index contributed by atoms with van der Waals surface area (Å²) in [5.74, 6) is -2.80. The molecule has 0 saturated carbocycles. The van der Waals surface area contributed by atoms with Crippen molar-refractivity contribution in [3.8, 4) is 0 Å². The van der Waals surface area contributed by atoms with Crippen LogP contribution in [0, 0.1) is 17.6 Å². The highest BCUT2D eigenvalue weighted by Crippen LogP contribution is 2.38. The van der Waals surface area contributed by atoms with Crippen molar-refractivity contribution in [2.45, 2.75) is 33.1 Å². The molecule has 0 bridgehead atoms.